The van der Waals surface area contributed by atoms with Crippen LogP contribution in [0.15, 0.2) is 67.3 Å². The van der Waals surface area contributed by atoms with Crippen molar-refractivity contribution in [3.05, 3.63) is 83.9 Å². The summed E-state index contributed by atoms with van der Waals surface area (Å²) in [5.41, 5.74) is 4.53. The molecule has 1 aliphatic heterocycles. The van der Waals surface area contributed by atoms with Crippen LogP contribution >= 0.6 is 37.2 Å². The topological polar surface area (TPSA) is 70.6 Å². The van der Waals surface area contributed by atoms with Crippen molar-refractivity contribution in [2.75, 3.05) is 32.1 Å². The number of amides is 2. The Balaban J connectivity index is 0.00000216. The summed E-state index contributed by atoms with van der Waals surface area (Å²) < 4.78 is 6.01. The number of nitrogens with zero attached hydrogens (tertiary/aromatic N) is 4. The molecular formula is C26H34Cl3N5O2. The van der Waals surface area contributed by atoms with Gasteiger partial charge in [0, 0.05) is 51.5 Å². The maximum absolute atomic E-state index is 12.1. The standard InChI is InChI=1S/C26H31N5O2.3ClH/c1-30-19-22-17-23(7-9-25(22)31(2)26(30)32)33-16-4-13-29-24(21-10-14-27-15-11-21)8-6-20-5-3-12-28-18-20;;;/h3,5,7,9-12,14-15,17-18,24,29H,4,6,8,13,16,19H2,1-2H3;3*1H. The van der Waals surface area contributed by atoms with E-state index in [1.165, 1.54) is 11.1 Å². The van der Waals surface area contributed by atoms with E-state index in [4.69, 9.17) is 4.74 Å². The predicted molar refractivity (Wildman–Crippen MR) is 151 cm³/mol. The summed E-state index contributed by atoms with van der Waals surface area (Å²) in [7, 11) is 3.62. The van der Waals surface area contributed by atoms with Crippen LogP contribution in [0.2, 0.25) is 0 Å². The van der Waals surface area contributed by atoms with E-state index in [-0.39, 0.29) is 49.3 Å². The Hall–Kier alpha value is -2.58. The van der Waals surface area contributed by atoms with Crippen molar-refractivity contribution < 1.29 is 9.53 Å². The zero-order chi connectivity index (χ0) is 23.0. The predicted octanol–water partition coefficient (Wildman–Crippen LogP) is 5.48. The van der Waals surface area contributed by atoms with E-state index in [9.17, 15) is 4.79 Å². The van der Waals surface area contributed by atoms with Crippen LogP contribution in [0.25, 0.3) is 0 Å². The number of anilines is 1. The summed E-state index contributed by atoms with van der Waals surface area (Å²) in [6.07, 6.45) is 10.3. The fourth-order valence-corrected chi connectivity index (χ4v) is 4.17. The van der Waals surface area contributed by atoms with E-state index in [0.29, 0.717) is 13.2 Å². The fraction of sp³-hybridized carbons (Fsp3) is 0.346. The molecule has 0 fully saturated rings. The molecule has 2 amide bonds. The average molecular weight is 555 g/mol. The highest BCUT2D eigenvalue weighted by Gasteiger charge is 2.25. The van der Waals surface area contributed by atoms with Gasteiger partial charge in [-0.05, 0) is 78.9 Å². The number of halogens is 3. The highest BCUT2D eigenvalue weighted by Crippen LogP contribution is 2.30. The molecule has 7 nitrogen and oxygen atoms in total. The molecule has 196 valence electrons. The summed E-state index contributed by atoms with van der Waals surface area (Å²) in [4.78, 5) is 23.9. The van der Waals surface area contributed by atoms with Gasteiger partial charge in [-0.25, -0.2) is 4.79 Å². The van der Waals surface area contributed by atoms with Crippen LogP contribution in [0.5, 0.6) is 5.75 Å². The van der Waals surface area contributed by atoms with Gasteiger partial charge >= 0.3 is 6.03 Å². The summed E-state index contributed by atoms with van der Waals surface area (Å²) in [6, 6.07) is 14.4. The van der Waals surface area contributed by atoms with Crippen molar-refractivity contribution >= 4 is 48.9 Å². The number of nitrogens with one attached hydrogen (secondary N) is 1. The zero-order valence-corrected chi connectivity index (χ0v) is 23.0. The molecule has 0 aliphatic carbocycles. The Bertz CT molecular complexity index is 1060. The lowest BCUT2D eigenvalue weighted by molar-refractivity contribution is 0.212. The number of ether oxygens (including phenoxy) is 1. The normalized spacial score (nSPS) is 13.0. The SMILES string of the molecule is CN1Cc2cc(OCCCNC(CCc3cccnc3)c3ccncc3)ccc2N(C)C1=O.Cl.Cl.Cl. The lowest BCUT2D eigenvalue weighted by Crippen LogP contribution is -2.42. The minimum Gasteiger partial charge on any atom is -0.494 e. The number of benzene rings is 1. The second-order valence-corrected chi connectivity index (χ2v) is 8.38. The van der Waals surface area contributed by atoms with Crippen LogP contribution in [-0.2, 0) is 13.0 Å². The number of carbonyl (C=O) groups is 1. The molecule has 3 aromatic rings. The van der Waals surface area contributed by atoms with Crippen LogP contribution in [0.1, 0.15) is 35.6 Å². The average Bonchev–Trinajstić information content (AvgIpc) is 2.85. The molecule has 0 spiro atoms. The van der Waals surface area contributed by atoms with Gasteiger partial charge in [0.15, 0.2) is 0 Å². The van der Waals surface area contributed by atoms with Crippen molar-refractivity contribution in [2.24, 2.45) is 0 Å². The highest BCUT2D eigenvalue weighted by atomic mass is 35.5. The molecule has 36 heavy (non-hydrogen) atoms. The van der Waals surface area contributed by atoms with Crippen molar-refractivity contribution in [2.45, 2.75) is 31.8 Å². The Morgan fingerprint density at radius 2 is 1.81 bits per heavy atom. The third-order valence-corrected chi connectivity index (χ3v) is 5.97. The van der Waals surface area contributed by atoms with Gasteiger partial charge in [-0.1, -0.05) is 6.07 Å². The second kappa shape index (κ2) is 15.5. The van der Waals surface area contributed by atoms with E-state index in [1.54, 1.807) is 23.0 Å². The third kappa shape index (κ3) is 8.23. The molecule has 10 heteroatoms. The van der Waals surface area contributed by atoms with E-state index < -0.39 is 0 Å². The van der Waals surface area contributed by atoms with Gasteiger partial charge in [0.1, 0.15) is 5.75 Å². The van der Waals surface area contributed by atoms with Crippen molar-refractivity contribution in [1.29, 1.82) is 0 Å². The number of aromatic nitrogens is 2. The van der Waals surface area contributed by atoms with E-state index in [2.05, 4.69) is 33.5 Å². The first-order chi connectivity index (χ1) is 16.1. The number of rotatable bonds is 10. The van der Waals surface area contributed by atoms with Gasteiger partial charge in [0.2, 0.25) is 0 Å². The molecule has 3 heterocycles. The molecule has 1 unspecified atom stereocenters. The maximum Gasteiger partial charge on any atom is 0.324 e. The Kier molecular flexibility index (Phi) is 13.6. The van der Waals surface area contributed by atoms with Gasteiger partial charge in [-0.15, -0.1) is 37.2 Å². The largest absolute Gasteiger partial charge is 0.494 e. The van der Waals surface area contributed by atoms with Crippen LogP contribution in [0.3, 0.4) is 0 Å². The smallest absolute Gasteiger partial charge is 0.324 e. The Morgan fingerprint density at radius 3 is 2.53 bits per heavy atom. The van der Waals surface area contributed by atoms with Gasteiger partial charge < -0.3 is 15.0 Å². The summed E-state index contributed by atoms with van der Waals surface area (Å²) in [5, 5.41) is 3.68. The number of aryl methyl sites for hydroxylation is 1. The molecule has 4 rings (SSSR count). The number of hydrogen-bond acceptors (Lipinski definition) is 5. The highest BCUT2D eigenvalue weighted by molar-refractivity contribution is 5.94. The van der Waals surface area contributed by atoms with Gasteiger partial charge in [0.25, 0.3) is 0 Å². The van der Waals surface area contributed by atoms with Crippen LogP contribution in [0.4, 0.5) is 10.5 Å². The lowest BCUT2D eigenvalue weighted by atomic mass is 10.0. The fourth-order valence-electron chi connectivity index (χ4n) is 4.17. The van der Waals surface area contributed by atoms with Gasteiger partial charge in [-0.3, -0.25) is 14.9 Å². The number of urea groups is 1. The second-order valence-electron chi connectivity index (χ2n) is 8.38. The minimum absolute atomic E-state index is 0. The molecule has 1 atom stereocenters. The van der Waals surface area contributed by atoms with Crippen molar-refractivity contribution in [1.82, 2.24) is 20.2 Å². The minimum atomic E-state index is 0. The quantitative estimate of drug-likeness (QED) is 0.336. The molecule has 1 N–H and O–H groups in total. The van der Waals surface area contributed by atoms with E-state index >= 15 is 0 Å². The third-order valence-electron chi connectivity index (χ3n) is 5.97. The lowest BCUT2D eigenvalue weighted by Gasteiger charge is -2.32. The first kappa shape index (κ1) is 31.4. The van der Waals surface area contributed by atoms with Crippen LogP contribution < -0.4 is 15.0 Å². The van der Waals surface area contributed by atoms with Gasteiger partial charge in [0.05, 0.1) is 12.3 Å². The Labute approximate surface area is 231 Å². The molecule has 2 aromatic heterocycles. The van der Waals surface area contributed by atoms with Gasteiger partial charge in [-0.2, -0.15) is 0 Å². The number of hydrogen-bond donors (Lipinski definition) is 1. The molecule has 0 radical (unpaired) electrons. The van der Waals surface area contributed by atoms with Crippen molar-refractivity contribution in [3.63, 3.8) is 0 Å². The molecule has 0 saturated heterocycles. The monoisotopic (exact) mass is 553 g/mol. The van der Waals surface area contributed by atoms with Crippen LogP contribution in [-0.4, -0.2) is 48.1 Å². The number of pyridine rings is 2. The number of carbonyl (C=O) groups excluding carboxylic acids is 1. The maximum atomic E-state index is 12.1. The molecule has 0 bridgehead atoms. The van der Waals surface area contributed by atoms with E-state index in [1.807, 2.05) is 49.9 Å². The van der Waals surface area contributed by atoms with Crippen LogP contribution in [0, 0.1) is 0 Å². The summed E-state index contributed by atoms with van der Waals surface area (Å²) in [5.74, 6) is 0.840. The van der Waals surface area contributed by atoms with E-state index in [0.717, 1.165) is 42.8 Å². The molecule has 1 aliphatic rings. The molecular weight excluding hydrogens is 521 g/mol. The number of fused-ring (bicyclic) bond motifs is 1. The summed E-state index contributed by atoms with van der Waals surface area (Å²) >= 11 is 0. The van der Waals surface area contributed by atoms with Crippen molar-refractivity contribution in [3.8, 4) is 5.75 Å². The molecule has 0 saturated carbocycles. The first-order valence-electron chi connectivity index (χ1n) is 11.4. The first-order valence-corrected chi connectivity index (χ1v) is 11.4. The Morgan fingerprint density at radius 1 is 1.03 bits per heavy atom. The summed E-state index contributed by atoms with van der Waals surface area (Å²) in [6.45, 7) is 2.08. The molecule has 1 aromatic carbocycles. The zero-order valence-electron chi connectivity index (χ0n) is 20.5.